The third-order valence-corrected chi connectivity index (χ3v) is 5.05. The lowest BCUT2D eigenvalue weighted by Gasteiger charge is -2.32. The molecule has 2 aromatic rings. The highest BCUT2D eigenvalue weighted by Gasteiger charge is 2.23. The van der Waals surface area contributed by atoms with Crippen LogP contribution in [-0.2, 0) is 0 Å². The molecule has 0 atom stereocenters. The zero-order valence-electron chi connectivity index (χ0n) is 11.6. The number of nitrogens with one attached hydrogen (secondary N) is 1. The molecule has 0 bridgehead atoms. The summed E-state index contributed by atoms with van der Waals surface area (Å²) in [6.07, 6.45) is 5.16. The second-order valence-corrected chi connectivity index (χ2v) is 7.31. The molecule has 1 amide bonds. The number of carbonyl (C=O) groups excluding carboxylic acids is 1. The average Bonchev–Trinajstić information content (AvgIpc) is 2.88. The molecular formula is C14H14Cl2N4OS. The molecule has 1 aliphatic rings. The van der Waals surface area contributed by atoms with E-state index < -0.39 is 0 Å². The van der Waals surface area contributed by atoms with Gasteiger partial charge in [0, 0.05) is 31.5 Å². The van der Waals surface area contributed by atoms with E-state index in [2.05, 4.69) is 20.2 Å². The zero-order valence-corrected chi connectivity index (χ0v) is 14.0. The molecule has 0 unspecified atom stereocenters. The number of carbonyl (C=O) groups is 1. The quantitative estimate of drug-likeness (QED) is 0.916. The Bertz CT molecular complexity index is 656. The summed E-state index contributed by atoms with van der Waals surface area (Å²) in [5, 5.41) is 3.02. The standard InChI is InChI=1S/C14H14Cl2N4OS/c15-11-8-10(12(16)22-11)13(21)19-9-2-6-20(7-3-9)14-17-4-1-5-18-14/h1,4-5,8-9H,2-3,6-7H2,(H,19,21). The lowest BCUT2D eigenvalue weighted by Crippen LogP contribution is -2.45. The number of hydrogen-bond acceptors (Lipinski definition) is 5. The van der Waals surface area contributed by atoms with Crippen molar-refractivity contribution in [1.29, 1.82) is 0 Å². The summed E-state index contributed by atoms with van der Waals surface area (Å²) in [5.41, 5.74) is 0.450. The maximum Gasteiger partial charge on any atom is 0.253 e. The Morgan fingerprint density at radius 3 is 2.55 bits per heavy atom. The van der Waals surface area contributed by atoms with Crippen molar-refractivity contribution in [2.45, 2.75) is 18.9 Å². The van der Waals surface area contributed by atoms with E-state index in [1.54, 1.807) is 24.5 Å². The van der Waals surface area contributed by atoms with Gasteiger partial charge in [-0.2, -0.15) is 0 Å². The van der Waals surface area contributed by atoms with Gasteiger partial charge in [0.1, 0.15) is 4.34 Å². The van der Waals surface area contributed by atoms with E-state index in [-0.39, 0.29) is 11.9 Å². The Labute approximate surface area is 142 Å². The van der Waals surface area contributed by atoms with Crippen LogP contribution in [0, 0.1) is 0 Å². The Morgan fingerprint density at radius 1 is 1.27 bits per heavy atom. The molecule has 0 aliphatic carbocycles. The first-order valence-corrected chi connectivity index (χ1v) is 8.48. The molecule has 1 fully saturated rings. The van der Waals surface area contributed by atoms with E-state index in [0.29, 0.717) is 14.2 Å². The second kappa shape index (κ2) is 6.81. The average molecular weight is 357 g/mol. The number of nitrogens with zero attached hydrogens (tertiary/aromatic N) is 3. The number of thiophene rings is 1. The Hall–Kier alpha value is -1.37. The molecule has 116 valence electrons. The first kappa shape index (κ1) is 15.5. The predicted octanol–water partition coefficient (Wildman–Crippen LogP) is 3.24. The summed E-state index contributed by atoms with van der Waals surface area (Å²) in [4.78, 5) is 22.8. The van der Waals surface area contributed by atoms with Crippen molar-refractivity contribution in [1.82, 2.24) is 15.3 Å². The molecule has 0 saturated carbocycles. The lowest BCUT2D eigenvalue weighted by atomic mass is 10.0. The van der Waals surface area contributed by atoms with E-state index in [1.165, 1.54) is 11.3 Å². The molecule has 1 saturated heterocycles. The fourth-order valence-electron chi connectivity index (χ4n) is 2.44. The third-order valence-electron chi connectivity index (χ3n) is 3.57. The molecular weight excluding hydrogens is 343 g/mol. The van der Waals surface area contributed by atoms with Gasteiger partial charge in [-0.05, 0) is 25.0 Å². The minimum Gasteiger partial charge on any atom is -0.349 e. The van der Waals surface area contributed by atoms with Crippen LogP contribution in [0.25, 0.3) is 0 Å². The topological polar surface area (TPSA) is 58.1 Å². The molecule has 0 spiro atoms. The van der Waals surface area contributed by atoms with Crippen LogP contribution in [0.4, 0.5) is 5.95 Å². The summed E-state index contributed by atoms with van der Waals surface area (Å²) >= 11 is 13.1. The Morgan fingerprint density at radius 2 is 1.95 bits per heavy atom. The number of piperidine rings is 1. The van der Waals surface area contributed by atoms with Gasteiger partial charge in [-0.15, -0.1) is 11.3 Å². The second-order valence-electron chi connectivity index (χ2n) is 5.02. The van der Waals surface area contributed by atoms with Crippen molar-refractivity contribution in [2.24, 2.45) is 0 Å². The van der Waals surface area contributed by atoms with Crippen LogP contribution < -0.4 is 10.2 Å². The Kier molecular flexibility index (Phi) is 4.81. The zero-order chi connectivity index (χ0) is 15.5. The molecule has 0 aromatic carbocycles. The van der Waals surface area contributed by atoms with Gasteiger partial charge in [-0.3, -0.25) is 4.79 Å². The number of anilines is 1. The van der Waals surface area contributed by atoms with Crippen LogP contribution in [-0.4, -0.2) is 35.0 Å². The highest BCUT2D eigenvalue weighted by molar-refractivity contribution is 7.20. The van der Waals surface area contributed by atoms with Gasteiger partial charge >= 0.3 is 0 Å². The maximum absolute atomic E-state index is 12.2. The number of aromatic nitrogens is 2. The van der Waals surface area contributed by atoms with Crippen molar-refractivity contribution in [3.05, 3.63) is 38.8 Å². The van der Waals surface area contributed by atoms with Crippen molar-refractivity contribution >= 4 is 46.4 Å². The number of amides is 1. The summed E-state index contributed by atoms with van der Waals surface area (Å²) < 4.78 is 0.948. The van der Waals surface area contributed by atoms with Crippen LogP contribution >= 0.6 is 34.5 Å². The van der Waals surface area contributed by atoms with Gasteiger partial charge in [0.15, 0.2) is 0 Å². The van der Waals surface area contributed by atoms with Gasteiger partial charge in [0.05, 0.1) is 9.90 Å². The number of halogens is 2. The normalized spacial score (nSPS) is 15.8. The molecule has 2 aromatic heterocycles. The summed E-state index contributed by atoms with van der Waals surface area (Å²) in [6, 6.07) is 3.53. The number of hydrogen-bond donors (Lipinski definition) is 1. The van der Waals surface area contributed by atoms with Gasteiger partial charge in [0.2, 0.25) is 5.95 Å². The van der Waals surface area contributed by atoms with Crippen LogP contribution in [0.1, 0.15) is 23.2 Å². The highest BCUT2D eigenvalue weighted by atomic mass is 35.5. The SMILES string of the molecule is O=C(NC1CCN(c2ncccn2)CC1)c1cc(Cl)sc1Cl. The third kappa shape index (κ3) is 3.51. The van der Waals surface area contributed by atoms with Gasteiger partial charge < -0.3 is 10.2 Å². The fourth-order valence-corrected chi connectivity index (χ4v) is 3.89. The fraction of sp³-hybridized carbons (Fsp3) is 0.357. The molecule has 3 heterocycles. The van der Waals surface area contributed by atoms with E-state index in [4.69, 9.17) is 23.2 Å². The van der Waals surface area contributed by atoms with Crippen molar-refractivity contribution in [3.8, 4) is 0 Å². The van der Waals surface area contributed by atoms with Crippen molar-refractivity contribution in [3.63, 3.8) is 0 Å². The molecule has 22 heavy (non-hydrogen) atoms. The summed E-state index contributed by atoms with van der Waals surface area (Å²) in [5.74, 6) is 0.572. The van der Waals surface area contributed by atoms with Crippen molar-refractivity contribution in [2.75, 3.05) is 18.0 Å². The largest absolute Gasteiger partial charge is 0.349 e. The molecule has 5 nitrogen and oxygen atoms in total. The highest BCUT2D eigenvalue weighted by Crippen LogP contribution is 2.31. The smallest absolute Gasteiger partial charge is 0.253 e. The van der Waals surface area contributed by atoms with E-state index in [0.717, 1.165) is 31.9 Å². The number of rotatable bonds is 3. The minimum atomic E-state index is -0.164. The molecule has 1 aliphatic heterocycles. The molecule has 3 rings (SSSR count). The summed E-state index contributed by atoms with van der Waals surface area (Å²) in [6.45, 7) is 1.63. The van der Waals surface area contributed by atoms with Crippen LogP contribution in [0.3, 0.4) is 0 Å². The van der Waals surface area contributed by atoms with E-state index in [1.807, 2.05) is 0 Å². The predicted molar refractivity (Wildman–Crippen MR) is 89.1 cm³/mol. The first-order chi connectivity index (χ1) is 10.6. The first-order valence-electron chi connectivity index (χ1n) is 6.91. The van der Waals surface area contributed by atoms with E-state index >= 15 is 0 Å². The Balaban J connectivity index is 1.56. The lowest BCUT2D eigenvalue weighted by molar-refractivity contribution is 0.0931. The van der Waals surface area contributed by atoms with Gasteiger partial charge in [-0.1, -0.05) is 23.2 Å². The van der Waals surface area contributed by atoms with Crippen molar-refractivity contribution < 1.29 is 4.79 Å². The van der Waals surface area contributed by atoms with E-state index in [9.17, 15) is 4.79 Å². The minimum absolute atomic E-state index is 0.127. The van der Waals surface area contributed by atoms with Crippen LogP contribution in [0.5, 0.6) is 0 Å². The summed E-state index contributed by atoms with van der Waals surface area (Å²) in [7, 11) is 0. The van der Waals surface area contributed by atoms with Crippen LogP contribution in [0.15, 0.2) is 24.5 Å². The monoisotopic (exact) mass is 356 g/mol. The van der Waals surface area contributed by atoms with Crippen LogP contribution in [0.2, 0.25) is 8.67 Å². The van der Waals surface area contributed by atoms with Gasteiger partial charge in [-0.25, -0.2) is 9.97 Å². The molecule has 8 heteroatoms. The maximum atomic E-state index is 12.2. The van der Waals surface area contributed by atoms with Gasteiger partial charge in [0.25, 0.3) is 5.91 Å². The molecule has 1 N–H and O–H groups in total. The molecule has 0 radical (unpaired) electrons.